The molecule has 0 atom stereocenters. The monoisotopic (exact) mass is 356 g/mol. The maximum atomic E-state index is 14.2. The van der Waals surface area contributed by atoms with Gasteiger partial charge in [0.25, 0.3) is 0 Å². The Labute approximate surface area is 153 Å². The van der Waals surface area contributed by atoms with E-state index in [0.29, 0.717) is 24.3 Å². The molecule has 0 bridgehead atoms. The first kappa shape index (κ1) is 18.2. The smallest absolute Gasteiger partial charge is 0.189 e. The Morgan fingerprint density at radius 1 is 1.23 bits per heavy atom. The van der Waals surface area contributed by atoms with Gasteiger partial charge >= 0.3 is 0 Å². The van der Waals surface area contributed by atoms with Gasteiger partial charge in [-0.25, -0.2) is 9.38 Å². The van der Waals surface area contributed by atoms with E-state index in [2.05, 4.69) is 15.3 Å². The van der Waals surface area contributed by atoms with Crippen LogP contribution >= 0.6 is 0 Å². The number of ether oxygens (including phenoxy) is 1. The van der Waals surface area contributed by atoms with E-state index in [1.54, 1.807) is 30.5 Å². The zero-order valence-corrected chi connectivity index (χ0v) is 14.8. The van der Waals surface area contributed by atoms with E-state index in [9.17, 15) is 4.39 Å². The van der Waals surface area contributed by atoms with Crippen molar-refractivity contribution in [3.05, 3.63) is 54.1 Å². The molecule has 3 rings (SSSR count). The third-order valence-electron chi connectivity index (χ3n) is 4.50. The van der Waals surface area contributed by atoms with Crippen molar-refractivity contribution >= 4 is 5.96 Å². The highest BCUT2D eigenvalue weighted by Gasteiger charge is 2.12. The van der Waals surface area contributed by atoms with Crippen LogP contribution in [0.4, 0.5) is 4.39 Å². The fourth-order valence-corrected chi connectivity index (χ4v) is 3.11. The van der Waals surface area contributed by atoms with Crippen LogP contribution in [-0.2, 0) is 6.54 Å². The quantitative estimate of drug-likeness (QED) is 0.480. The highest BCUT2D eigenvalue weighted by atomic mass is 19.1. The summed E-state index contributed by atoms with van der Waals surface area (Å²) in [6.45, 7) is 0.329. The molecule has 5 nitrogen and oxygen atoms in total. The summed E-state index contributed by atoms with van der Waals surface area (Å²) in [5.74, 6) is 0.647. The fourth-order valence-electron chi connectivity index (χ4n) is 3.11. The standard InChI is InChI=1S/C20H25FN4O/c21-18-12-15(9-10-19(18)26-17-8-5-11-23-14-17)13-24-20(22)25-16-6-3-1-2-4-7-16/h5,8-12,14,16H,1-4,6-7,13H2,(H3,22,24,25). The number of nitrogens with one attached hydrogen (secondary N) is 1. The van der Waals surface area contributed by atoms with E-state index >= 15 is 0 Å². The summed E-state index contributed by atoms with van der Waals surface area (Å²) in [6, 6.07) is 8.67. The van der Waals surface area contributed by atoms with Crippen LogP contribution in [0.25, 0.3) is 0 Å². The van der Waals surface area contributed by atoms with Crippen molar-refractivity contribution in [1.82, 2.24) is 10.3 Å². The molecule has 1 saturated carbocycles. The number of aromatic nitrogens is 1. The Balaban J connectivity index is 1.56. The lowest BCUT2D eigenvalue weighted by molar-refractivity contribution is 0.440. The number of hydrogen-bond donors (Lipinski definition) is 2. The van der Waals surface area contributed by atoms with Crippen LogP contribution in [0.3, 0.4) is 0 Å². The van der Waals surface area contributed by atoms with Gasteiger partial charge in [-0.05, 0) is 42.7 Å². The van der Waals surface area contributed by atoms with Gasteiger partial charge in [0, 0.05) is 12.2 Å². The molecular weight excluding hydrogens is 331 g/mol. The molecule has 1 heterocycles. The molecule has 3 N–H and O–H groups in total. The van der Waals surface area contributed by atoms with E-state index in [-0.39, 0.29) is 5.75 Å². The van der Waals surface area contributed by atoms with E-state index in [1.807, 2.05) is 0 Å². The fraction of sp³-hybridized carbons (Fsp3) is 0.400. The zero-order chi connectivity index (χ0) is 18.2. The minimum absolute atomic E-state index is 0.162. The van der Waals surface area contributed by atoms with Gasteiger partial charge in [0.1, 0.15) is 5.75 Å². The predicted molar refractivity (Wildman–Crippen MR) is 101 cm³/mol. The number of nitrogens with zero attached hydrogens (tertiary/aromatic N) is 2. The van der Waals surface area contributed by atoms with E-state index < -0.39 is 5.82 Å². The van der Waals surface area contributed by atoms with E-state index in [1.165, 1.54) is 37.9 Å². The first-order valence-electron chi connectivity index (χ1n) is 9.13. The number of pyridine rings is 1. The summed E-state index contributed by atoms with van der Waals surface area (Å²) in [5, 5.41) is 3.29. The molecule has 0 spiro atoms. The molecule has 0 unspecified atom stereocenters. The maximum Gasteiger partial charge on any atom is 0.189 e. The molecule has 26 heavy (non-hydrogen) atoms. The largest absolute Gasteiger partial charge is 0.453 e. The third kappa shape index (κ3) is 5.44. The highest BCUT2D eigenvalue weighted by molar-refractivity contribution is 5.78. The number of hydrogen-bond acceptors (Lipinski definition) is 3. The second-order valence-electron chi connectivity index (χ2n) is 6.59. The van der Waals surface area contributed by atoms with Gasteiger partial charge < -0.3 is 15.8 Å². The Bertz CT molecular complexity index is 728. The summed E-state index contributed by atoms with van der Waals surface area (Å²) in [7, 11) is 0. The molecule has 1 aliphatic rings. The summed E-state index contributed by atoms with van der Waals surface area (Å²) < 4.78 is 19.7. The molecule has 0 saturated heterocycles. The number of halogens is 1. The van der Waals surface area contributed by atoms with Crippen LogP contribution in [0, 0.1) is 5.82 Å². The molecule has 1 fully saturated rings. The van der Waals surface area contributed by atoms with E-state index in [0.717, 1.165) is 18.4 Å². The second kappa shape index (κ2) is 9.17. The van der Waals surface area contributed by atoms with Crippen LogP contribution in [-0.4, -0.2) is 17.0 Å². The van der Waals surface area contributed by atoms with Gasteiger partial charge in [-0.2, -0.15) is 0 Å². The number of nitrogens with two attached hydrogens (primary N) is 1. The van der Waals surface area contributed by atoms with Crippen molar-refractivity contribution in [2.24, 2.45) is 10.7 Å². The van der Waals surface area contributed by atoms with Gasteiger partial charge in [-0.1, -0.05) is 31.7 Å². The molecule has 0 radical (unpaired) electrons. The Hall–Kier alpha value is -2.63. The predicted octanol–water partition coefficient (Wildman–Crippen LogP) is 4.14. The lowest BCUT2D eigenvalue weighted by Gasteiger charge is -2.16. The van der Waals surface area contributed by atoms with Crippen molar-refractivity contribution in [2.75, 3.05) is 0 Å². The summed E-state index contributed by atoms with van der Waals surface area (Å²) in [6.07, 6.45) is 10.5. The topological polar surface area (TPSA) is 72.5 Å². The Kier molecular flexibility index (Phi) is 6.41. The van der Waals surface area contributed by atoms with Gasteiger partial charge in [0.05, 0.1) is 12.7 Å². The Morgan fingerprint density at radius 3 is 2.73 bits per heavy atom. The zero-order valence-electron chi connectivity index (χ0n) is 14.8. The first-order valence-corrected chi connectivity index (χ1v) is 9.13. The van der Waals surface area contributed by atoms with Crippen molar-refractivity contribution in [3.63, 3.8) is 0 Å². The average Bonchev–Trinajstić information content (AvgIpc) is 2.91. The van der Waals surface area contributed by atoms with Crippen molar-refractivity contribution < 1.29 is 9.13 Å². The highest BCUT2D eigenvalue weighted by Crippen LogP contribution is 2.24. The molecule has 2 aromatic rings. The summed E-state index contributed by atoms with van der Waals surface area (Å²) >= 11 is 0. The molecule has 1 aromatic carbocycles. The second-order valence-corrected chi connectivity index (χ2v) is 6.59. The molecule has 0 aliphatic heterocycles. The lowest BCUT2D eigenvalue weighted by atomic mass is 10.1. The molecular formula is C20H25FN4O. The maximum absolute atomic E-state index is 14.2. The molecule has 6 heteroatoms. The molecule has 0 amide bonds. The lowest BCUT2D eigenvalue weighted by Crippen LogP contribution is -2.39. The van der Waals surface area contributed by atoms with Crippen molar-refractivity contribution in [1.29, 1.82) is 0 Å². The van der Waals surface area contributed by atoms with E-state index in [4.69, 9.17) is 10.5 Å². The normalized spacial score (nSPS) is 16.1. The SMILES string of the molecule is NC(=NCc1ccc(Oc2cccnc2)c(F)c1)NC1CCCCCC1. The third-order valence-corrected chi connectivity index (χ3v) is 4.50. The van der Waals surface area contributed by atoms with Gasteiger partial charge in [0.15, 0.2) is 17.5 Å². The van der Waals surface area contributed by atoms with Crippen LogP contribution < -0.4 is 15.8 Å². The molecule has 138 valence electrons. The number of aliphatic imine (C=N–C) groups is 1. The molecule has 1 aromatic heterocycles. The van der Waals surface area contributed by atoms with Gasteiger partial charge in [0.2, 0.25) is 0 Å². The van der Waals surface area contributed by atoms with Crippen molar-refractivity contribution in [2.45, 2.75) is 51.1 Å². The summed E-state index contributed by atoms with van der Waals surface area (Å²) in [5.41, 5.74) is 6.73. The van der Waals surface area contributed by atoms with Crippen LogP contribution in [0.1, 0.15) is 44.1 Å². The van der Waals surface area contributed by atoms with Crippen LogP contribution in [0.15, 0.2) is 47.7 Å². The number of benzene rings is 1. The van der Waals surface area contributed by atoms with Gasteiger partial charge in [-0.3, -0.25) is 4.98 Å². The minimum atomic E-state index is -0.433. The van der Waals surface area contributed by atoms with Crippen LogP contribution in [0.5, 0.6) is 11.5 Å². The molecule has 1 aliphatic carbocycles. The average molecular weight is 356 g/mol. The summed E-state index contributed by atoms with van der Waals surface area (Å²) in [4.78, 5) is 8.28. The van der Waals surface area contributed by atoms with Gasteiger partial charge in [-0.15, -0.1) is 0 Å². The first-order chi connectivity index (χ1) is 12.7. The van der Waals surface area contributed by atoms with Crippen molar-refractivity contribution in [3.8, 4) is 11.5 Å². The minimum Gasteiger partial charge on any atom is -0.453 e. The number of rotatable bonds is 5. The van der Waals surface area contributed by atoms with Crippen LogP contribution in [0.2, 0.25) is 0 Å². The Morgan fingerprint density at radius 2 is 2.04 bits per heavy atom. The number of guanidine groups is 1.